The van der Waals surface area contributed by atoms with Crippen LogP contribution >= 0.6 is 11.3 Å². The van der Waals surface area contributed by atoms with Crippen molar-refractivity contribution in [3.8, 4) is 11.4 Å². The molecule has 2 aromatic heterocycles. The monoisotopic (exact) mass is 533 g/mol. The lowest BCUT2D eigenvalue weighted by molar-refractivity contribution is -0.138. The van der Waals surface area contributed by atoms with Crippen molar-refractivity contribution in [2.24, 2.45) is 7.05 Å². The van der Waals surface area contributed by atoms with Crippen molar-refractivity contribution in [2.75, 3.05) is 13.2 Å². The fourth-order valence-corrected chi connectivity index (χ4v) is 5.23. The number of aryl methyl sites for hydroxylation is 1. The maximum absolute atomic E-state index is 13.6. The molecule has 13 heteroatoms. The first-order valence-electron chi connectivity index (χ1n) is 11.0. The molecule has 3 heterocycles. The van der Waals surface area contributed by atoms with Crippen LogP contribution in [0.1, 0.15) is 34.5 Å². The highest BCUT2D eigenvalue weighted by atomic mass is 32.1. The van der Waals surface area contributed by atoms with Gasteiger partial charge in [0.2, 0.25) is 0 Å². The van der Waals surface area contributed by atoms with Gasteiger partial charge in [-0.1, -0.05) is 23.5 Å². The third-order valence-corrected chi connectivity index (χ3v) is 7.07. The highest BCUT2D eigenvalue weighted by Gasteiger charge is 2.40. The van der Waals surface area contributed by atoms with Crippen LogP contribution in [0, 0.1) is 0 Å². The lowest BCUT2D eigenvalue weighted by Crippen LogP contribution is -2.44. The van der Waals surface area contributed by atoms with Crippen molar-refractivity contribution >= 4 is 27.5 Å². The van der Waals surface area contributed by atoms with Crippen LogP contribution < -0.4 is 20.9 Å². The van der Waals surface area contributed by atoms with Crippen LogP contribution in [0.3, 0.4) is 0 Å². The third kappa shape index (κ3) is 3.95. The molecule has 0 radical (unpaired) electrons. The maximum Gasteiger partial charge on any atom is 0.419 e. The van der Waals surface area contributed by atoms with Gasteiger partial charge < -0.3 is 14.0 Å². The number of alkyl halides is 3. The molecule has 37 heavy (non-hydrogen) atoms. The van der Waals surface area contributed by atoms with E-state index in [9.17, 15) is 32.3 Å². The van der Waals surface area contributed by atoms with E-state index in [0.717, 1.165) is 34.2 Å². The van der Waals surface area contributed by atoms with E-state index in [2.05, 4.69) is 0 Å². The van der Waals surface area contributed by atoms with Gasteiger partial charge in [-0.2, -0.15) is 13.2 Å². The SMILES string of the molecule is CCOC(=O)c1cn(-c2ccc3c(c2)sc(=O)n3C)c(=O)n(C2COc3c2cccc3C(F)(F)F)c1=O. The van der Waals surface area contributed by atoms with Gasteiger partial charge in [0.15, 0.2) is 0 Å². The first kappa shape index (κ1) is 24.6. The number of hydrogen-bond acceptors (Lipinski definition) is 7. The summed E-state index contributed by atoms with van der Waals surface area (Å²) in [7, 11) is 1.60. The first-order chi connectivity index (χ1) is 17.5. The van der Waals surface area contributed by atoms with Crippen molar-refractivity contribution in [1.29, 1.82) is 0 Å². The Balaban J connectivity index is 1.76. The van der Waals surface area contributed by atoms with Gasteiger partial charge in [0.05, 0.1) is 28.1 Å². The van der Waals surface area contributed by atoms with Gasteiger partial charge in [-0.15, -0.1) is 0 Å². The van der Waals surface area contributed by atoms with Crippen molar-refractivity contribution in [3.63, 3.8) is 0 Å². The van der Waals surface area contributed by atoms with Crippen LogP contribution in [-0.4, -0.2) is 32.9 Å². The van der Waals surface area contributed by atoms with E-state index in [1.54, 1.807) is 19.2 Å². The molecule has 0 bridgehead atoms. The smallest absolute Gasteiger partial charge is 0.419 e. The number of aromatic nitrogens is 3. The zero-order valence-electron chi connectivity index (χ0n) is 19.4. The van der Waals surface area contributed by atoms with Gasteiger partial charge in [0, 0.05) is 18.8 Å². The molecule has 9 nitrogen and oxygen atoms in total. The Morgan fingerprint density at radius 3 is 2.65 bits per heavy atom. The number of carbonyl (C=O) groups excluding carboxylic acids is 1. The maximum atomic E-state index is 13.6. The Kier molecular flexibility index (Phi) is 5.82. The molecule has 0 fully saturated rings. The van der Waals surface area contributed by atoms with E-state index < -0.39 is 52.9 Å². The molecule has 0 saturated carbocycles. The molecule has 4 aromatic rings. The number of nitrogens with zero attached hydrogens (tertiary/aromatic N) is 3. The number of benzene rings is 2. The minimum Gasteiger partial charge on any atom is -0.490 e. The zero-order valence-corrected chi connectivity index (χ0v) is 20.2. The van der Waals surface area contributed by atoms with E-state index in [1.807, 2.05) is 0 Å². The van der Waals surface area contributed by atoms with Crippen LogP contribution in [0.2, 0.25) is 0 Å². The summed E-state index contributed by atoms with van der Waals surface area (Å²) in [5.74, 6) is -1.47. The molecule has 0 aliphatic carbocycles. The predicted octanol–water partition coefficient (Wildman–Crippen LogP) is 3.09. The number of esters is 1. The quantitative estimate of drug-likeness (QED) is 0.374. The Bertz CT molecular complexity index is 1750. The van der Waals surface area contributed by atoms with Crippen LogP contribution in [0.5, 0.6) is 5.75 Å². The second kappa shape index (κ2) is 8.76. The zero-order chi connectivity index (χ0) is 26.6. The molecule has 0 saturated heterocycles. The number of para-hydroxylation sites is 1. The average Bonchev–Trinajstić information content (AvgIpc) is 3.39. The van der Waals surface area contributed by atoms with E-state index in [1.165, 1.54) is 23.6 Å². The molecule has 2 aromatic carbocycles. The van der Waals surface area contributed by atoms with E-state index in [4.69, 9.17) is 9.47 Å². The number of fused-ring (bicyclic) bond motifs is 2. The number of rotatable bonds is 4. The van der Waals surface area contributed by atoms with E-state index in [-0.39, 0.29) is 22.7 Å². The van der Waals surface area contributed by atoms with Gasteiger partial charge in [0.25, 0.3) is 5.56 Å². The van der Waals surface area contributed by atoms with Crippen molar-refractivity contribution in [2.45, 2.75) is 19.1 Å². The predicted molar refractivity (Wildman–Crippen MR) is 128 cm³/mol. The van der Waals surface area contributed by atoms with Crippen LogP contribution in [0.25, 0.3) is 15.9 Å². The topological polar surface area (TPSA) is 102 Å². The highest BCUT2D eigenvalue weighted by molar-refractivity contribution is 7.16. The number of halogens is 3. The molecule has 0 amide bonds. The minimum atomic E-state index is -4.72. The van der Waals surface area contributed by atoms with Gasteiger partial charge >= 0.3 is 22.7 Å². The third-order valence-electron chi connectivity index (χ3n) is 6.08. The Morgan fingerprint density at radius 1 is 1.19 bits per heavy atom. The number of ether oxygens (including phenoxy) is 2. The molecule has 5 rings (SSSR count). The summed E-state index contributed by atoms with van der Waals surface area (Å²) in [5.41, 5.74) is -2.61. The summed E-state index contributed by atoms with van der Waals surface area (Å²) < 4.78 is 54.6. The Hall–Kier alpha value is -4.13. The fraction of sp³-hybridized carbons (Fsp3) is 0.250. The Morgan fingerprint density at radius 2 is 1.95 bits per heavy atom. The molecular weight excluding hydrogens is 515 g/mol. The summed E-state index contributed by atoms with van der Waals surface area (Å²) in [6.45, 7) is 1.06. The molecule has 1 aliphatic rings. The van der Waals surface area contributed by atoms with Crippen LogP contribution in [0.4, 0.5) is 13.2 Å². The summed E-state index contributed by atoms with van der Waals surface area (Å²) in [4.78, 5) is 51.5. The molecule has 1 unspecified atom stereocenters. The standard InChI is InChI=1S/C24H18F3N3O6S/c1-3-35-21(32)14-10-29(12-7-8-16-18(9-12)37-23(34)28(16)2)22(33)30(20(14)31)17-11-36-19-13(17)5-4-6-15(19)24(25,26)27/h4-10,17H,3,11H2,1-2H3. The average molecular weight is 533 g/mol. The van der Waals surface area contributed by atoms with Crippen LogP contribution in [-0.2, 0) is 18.0 Å². The number of carbonyl (C=O) groups is 1. The van der Waals surface area contributed by atoms with E-state index >= 15 is 0 Å². The van der Waals surface area contributed by atoms with Crippen molar-refractivity contribution in [1.82, 2.24) is 13.7 Å². The molecule has 192 valence electrons. The largest absolute Gasteiger partial charge is 0.490 e. The molecule has 1 aliphatic heterocycles. The number of thiazole rings is 1. The normalized spacial score (nSPS) is 15.0. The number of hydrogen-bond donors (Lipinski definition) is 0. The molecule has 0 spiro atoms. The highest BCUT2D eigenvalue weighted by Crippen LogP contribution is 2.43. The fourth-order valence-electron chi connectivity index (χ4n) is 4.32. The van der Waals surface area contributed by atoms with Crippen molar-refractivity contribution < 1.29 is 27.4 Å². The van der Waals surface area contributed by atoms with Crippen molar-refractivity contribution in [3.05, 3.63) is 89.8 Å². The second-order valence-corrected chi connectivity index (χ2v) is 9.21. The summed E-state index contributed by atoms with van der Waals surface area (Å²) >= 11 is 0.945. The second-order valence-electron chi connectivity index (χ2n) is 8.22. The minimum absolute atomic E-state index is 0.0154. The van der Waals surface area contributed by atoms with Gasteiger partial charge in [-0.05, 0) is 31.2 Å². The summed E-state index contributed by atoms with van der Waals surface area (Å²) in [6, 6.07) is 6.80. The van der Waals surface area contributed by atoms with Crippen LogP contribution in [0.15, 0.2) is 57.0 Å². The molecular formula is C24H18F3N3O6S. The Labute approximate surface area is 209 Å². The van der Waals surface area contributed by atoms with Gasteiger partial charge in [0.1, 0.15) is 24.0 Å². The lowest BCUT2D eigenvalue weighted by atomic mass is 10.0. The molecule has 1 atom stereocenters. The van der Waals surface area contributed by atoms with Gasteiger partial charge in [-0.3, -0.25) is 14.2 Å². The van der Waals surface area contributed by atoms with E-state index in [0.29, 0.717) is 14.8 Å². The lowest BCUT2D eigenvalue weighted by Gasteiger charge is -2.17. The first-order valence-corrected chi connectivity index (χ1v) is 11.8. The molecule has 0 N–H and O–H groups in total. The van der Waals surface area contributed by atoms with Gasteiger partial charge in [-0.25, -0.2) is 14.2 Å². The summed E-state index contributed by atoms with van der Waals surface area (Å²) in [6.07, 6.45) is -3.68. The summed E-state index contributed by atoms with van der Waals surface area (Å²) in [5, 5.41) is 0.